The van der Waals surface area contributed by atoms with Gasteiger partial charge < -0.3 is 10.0 Å². The Balaban J connectivity index is 1.71. The zero-order valence-electron chi connectivity index (χ0n) is 12.4. The predicted octanol–water partition coefficient (Wildman–Crippen LogP) is 0.606. The highest BCUT2D eigenvalue weighted by molar-refractivity contribution is 6.22. The Morgan fingerprint density at radius 3 is 2.30 bits per heavy atom. The highest BCUT2D eigenvalue weighted by atomic mass is 16.4. The summed E-state index contributed by atoms with van der Waals surface area (Å²) in [6.07, 6.45) is 1.14. The van der Waals surface area contributed by atoms with Crippen LogP contribution in [0.3, 0.4) is 0 Å². The minimum Gasteiger partial charge on any atom is -0.481 e. The van der Waals surface area contributed by atoms with Crippen LogP contribution in [-0.2, 0) is 9.59 Å². The Labute approximate surface area is 132 Å². The molecule has 1 aromatic carbocycles. The van der Waals surface area contributed by atoms with Crippen molar-refractivity contribution >= 4 is 23.7 Å². The summed E-state index contributed by atoms with van der Waals surface area (Å²) in [7, 11) is 0. The lowest BCUT2D eigenvalue weighted by Crippen LogP contribution is -2.47. The molecule has 7 nitrogen and oxygen atoms in total. The number of rotatable bonds is 3. The van der Waals surface area contributed by atoms with Crippen molar-refractivity contribution in [2.45, 2.75) is 12.8 Å². The average molecular weight is 316 g/mol. The summed E-state index contributed by atoms with van der Waals surface area (Å²) in [5, 5.41) is 9.07. The van der Waals surface area contributed by atoms with E-state index in [1.54, 1.807) is 24.3 Å². The van der Waals surface area contributed by atoms with E-state index in [-0.39, 0.29) is 13.1 Å². The average Bonchev–Trinajstić information content (AvgIpc) is 2.80. The first-order valence-corrected chi connectivity index (χ1v) is 7.45. The summed E-state index contributed by atoms with van der Waals surface area (Å²) in [5.74, 6) is -2.87. The second-order valence-electron chi connectivity index (χ2n) is 5.76. The van der Waals surface area contributed by atoms with E-state index in [0.717, 1.165) is 4.90 Å². The van der Waals surface area contributed by atoms with Gasteiger partial charge in [0.2, 0.25) is 5.91 Å². The maximum atomic E-state index is 12.4. The van der Waals surface area contributed by atoms with Gasteiger partial charge in [-0.05, 0) is 25.0 Å². The Morgan fingerprint density at radius 2 is 1.74 bits per heavy atom. The molecule has 0 aliphatic carbocycles. The van der Waals surface area contributed by atoms with Gasteiger partial charge in [0.1, 0.15) is 6.54 Å². The van der Waals surface area contributed by atoms with Crippen molar-refractivity contribution in [1.29, 1.82) is 0 Å². The molecule has 7 heteroatoms. The third kappa shape index (κ3) is 2.69. The van der Waals surface area contributed by atoms with Crippen molar-refractivity contribution in [3.8, 4) is 0 Å². The van der Waals surface area contributed by atoms with Crippen LogP contribution in [0.15, 0.2) is 24.3 Å². The Bertz CT molecular complexity index is 664. The number of carboxylic acids is 1. The summed E-state index contributed by atoms with van der Waals surface area (Å²) < 4.78 is 0. The molecule has 2 heterocycles. The number of hydrogen-bond donors (Lipinski definition) is 1. The predicted molar refractivity (Wildman–Crippen MR) is 78.7 cm³/mol. The minimum atomic E-state index is -0.928. The number of aliphatic carboxylic acids is 1. The van der Waals surface area contributed by atoms with Crippen LogP contribution in [0.25, 0.3) is 0 Å². The first kappa shape index (κ1) is 15.2. The quantitative estimate of drug-likeness (QED) is 0.824. The molecular weight excluding hydrogens is 300 g/mol. The summed E-state index contributed by atoms with van der Waals surface area (Å²) in [6.45, 7) is 0.224. The zero-order valence-corrected chi connectivity index (χ0v) is 12.4. The fourth-order valence-corrected chi connectivity index (χ4v) is 3.02. The van der Waals surface area contributed by atoms with Crippen molar-refractivity contribution < 1.29 is 24.3 Å². The first-order chi connectivity index (χ1) is 11.0. The molecule has 2 aliphatic heterocycles. The van der Waals surface area contributed by atoms with Crippen LogP contribution in [-0.4, -0.2) is 58.2 Å². The molecule has 1 aromatic rings. The fourth-order valence-electron chi connectivity index (χ4n) is 3.02. The highest BCUT2D eigenvalue weighted by Crippen LogP contribution is 2.23. The van der Waals surface area contributed by atoms with Crippen molar-refractivity contribution in [2.24, 2.45) is 5.92 Å². The number of hydrogen-bond acceptors (Lipinski definition) is 4. The van der Waals surface area contributed by atoms with E-state index in [0.29, 0.717) is 30.5 Å². The highest BCUT2D eigenvalue weighted by Gasteiger charge is 2.38. The fraction of sp³-hybridized carbons (Fsp3) is 0.375. The molecule has 23 heavy (non-hydrogen) atoms. The van der Waals surface area contributed by atoms with E-state index in [1.165, 1.54) is 4.90 Å². The standard InChI is InChI=1S/C16H16N2O5/c19-13(17-7-3-4-10(8-17)16(22)23)9-18-14(20)11-5-1-2-6-12(11)15(18)21/h1-2,5-6,10H,3-4,7-9H2,(H,22,23)/t10-/m1/s1. The van der Waals surface area contributed by atoms with Gasteiger partial charge in [0.15, 0.2) is 0 Å². The van der Waals surface area contributed by atoms with Crippen LogP contribution in [0, 0.1) is 5.92 Å². The van der Waals surface area contributed by atoms with Gasteiger partial charge in [0.25, 0.3) is 11.8 Å². The molecule has 0 bridgehead atoms. The smallest absolute Gasteiger partial charge is 0.308 e. The molecule has 120 valence electrons. The Kier molecular flexibility index (Phi) is 3.85. The largest absolute Gasteiger partial charge is 0.481 e. The second kappa shape index (κ2) is 5.83. The van der Waals surface area contributed by atoms with Crippen molar-refractivity contribution in [3.05, 3.63) is 35.4 Å². The summed E-state index contributed by atoms with van der Waals surface area (Å²) in [4.78, 5) is 50.2. The van der Waals surface area contributed by atoms with E-state index < -0.39 is 29.6 Å². The molecule has 1 fully saturated rings. The van der Waals surface area contributed by atoms with Gasteiger partial charge in [-0.2, -0.15) is 0 Å². The summed E-state index contributed by atoms with van der Waals surface area (Å²) >= 11 is 0. The number of carbonyl (C=O) groups is 4. The van der Waals surface area contributed by atoms with Gasteiger partial charge in [-0.1, -0.05) is 12.1 Å². The van der Waals surface area contributed by atoms with E-state index in [1.807, 2.05) is 0 Å². The van der Waals surface area contributed by atoms with Crippen LogP contribution in [0.2, 0.25) is 0 Å². The minimum absolute atomic E-state index is 0.122. The number of amides is 3. The topological polar surface area (TPSA) is 95.0 Å². The van der Waals surface area contributed by atoms with E-state index in [4.69, 9.17) is 5.11 Å². The van der Waals surface area contributed by atoms with E-state index >= 15 is 0 Å². The second-order valence-corrected chi connectivity index (χ2v) is 5.76. The normalized spacial score (nSPS) is 20.6. The maximum Gasteiger partial charge on any atom is 0.308 e. The van der Waals surface area contributed by atoms with Crippen LogP contribution < -0.4 is 0 Å². The third-order valence-electron chi connectivity index (χ3n) is 4.29. The Hall–Kier alpha value is -2.70. The third-order valence-corrected chi connectivity index (χ3v) is 4.29. The number of imide groups is 1. The zero-order chi connectivity index (χ0) is 16.6. The molecule has 0 saturated carbocycles. The molecule has 0 unspecified atom stereocenters. The molecule has 1 N–H and O–H groups in total. The number of likely N-dealkylation sites (tertiary alicyclic amines) is 1. The molecule has 3 amide bonds. The number of fused-ring (bicyclic) bond motifs is 1. The van der Waals surface area contributed by atoms with Gasteiger partial charge in [-0.3, -0.25) is 24.1 Å². The van der Waals surface area contributed by atoms with Crippen LogP contribution in [0.5, 0.6) is 0 Å². The monoisotopic (exact) mass is 316 g/mol. The van der Waals surface area contributed by atoms with E-state index in [2.05, 4.69) is 0 Å². The van der Waals surface area contributed by atoms with Gasteiger partial charge in [0, 0.05) is 13.1 Å². The number of benzene rings is 1. The number of carbonyl (C=O) groups excluding carboxylic acids is 3. The van der Waals surface area contributed by atoms with Gasteiger partial charge >= 0.3 is 5.97 Å². The lowest BCUT2D eigenvalue weighted by atomic mass is 9.98. The van der Waals surface area contributed by atoms with Crippen LogP contribution in [0.1, 0.15) is 33.6 Å². The number of carboxylic acid groups (broad SMARTS) is 1. The summed E-state index contributed by atoms with van der Waals surface area (Å²) in [6, 6.07) is 6.44. The molecule has 1 atom stereocenters. The van der Waals surface area contributed by atoms with Gasteiger partial charge in [-0.15, -0.1) is 0 Å². The lowest BCUT2D eigenvalue weighted by molar-refractivity contribution is -0.145. The molecule has 2 aliphatic rings. The molecular formula is C16H16N2O5. The summed E-state index contributed by atoms with van der Waals surface area (Å²) in [5.41, 5.74) is 0.597. The first-order valence-electron chi connectivity index (χ1n) is 7.45. The van der Waals surface area contributed by atoms with Crippen molar-refractivity contribution in [3.63, 3.8) is 0 Å². The van der Waals surface area contributed by atoms with Crippen LogP contribution >= 0.6 is 0 Å². The van der Waals surface area contributed by atoms with Crippen LogP contribution in [0.4, 0.5) is 0 Å². The van der Waals surface area contributed by atoms with Gasteiger partial charge in [0.05, 0.1) is 17.0 Å². The molecule has 0 spiro atoms. The molecule has 0 aromatic heterocycles. The van der Waals surface area contributed by atoms with Gasteiger partial charge in [-0.25, -0.2) is 0 Å². The maximum absolute atomic E-state index is 12.4. The molecule has 3 rings (SSSR count). The van der Waals surface area contributed by atoms with Crippen molar-refractivity contribution in [2.75, 3.05) is 19.6 Å². The van der Waals surface area contributed by atoms with Crippen molar-refractivity contribution in [1.82, 2.24) is 9.80 Å². The Morgan fingerprint density at radius 1 is 1.13 bits per heavy atom. The van der Waals surface area contributed by atoms with E-state index in [9.17, 15) is 19.2 Å². The SMILES string of the molecule is O=C(O)[C@@H]1CCCN(C(=O)CN2C(=O)c3ccccc3C2=O)C1. The lowest BCUT2D eigenvalue weighted by Gasteiger charge is -2.31. The molecule has 1 saturated heterocycles. The molecule has 0 radical (unpaired) electrons. The number of piperidine rings is 1. The number of nitrogens with zero attached hydrogens (tertiary/aromatic N) is 2.